The quantitative estimate of drug-likeness (QED) is 0.765. The maximum atomic E-state index is 12.1. The van der Waals surface area contributed by atoms with Crippen LogP contribution in [0.2, 0.25) is 5.02 Å². The number of hydrogen-bond donors (Lipinski definition) is 1. The van der Waals surface area contributed by atoms with Crippen molar-refractivity contribution in [3.63, 3.8) is 0 Å². The topological polar surface area (TPSA) is 64.6 Å². The van der Waals surface area contributed by atoms with Crippen LogP contribution in [-0.4, -0.2) is 24.5 Å². The van der Waals surface area contributed by atoms with Crippen LogP contribution >= 0.6 is 11.6 Å². The van der Waals surface area contributed by atoms with Gasteiger partial charge in [-0.25, -0.2) is 0 Å². The second-order valence-corrected chi connectivity index (χ2v) is 6.10. The summed E-state index contributed by atoms with van der Waals surface area (Å²) in [6.45, 7) is 3.66. The van der Waals surface area contributed by atoms with Crippen LogP contribution in [0, 0.1) is 0 Å². The molecule has 0 aliphatic carbocycles. The number of esters is 1. The minimum Gasteiger partial charge on any atom is -0.489 e. The van der Waals surface area contributed by atoms with Crippen LogP contribution in [0.5, 0.6) is 5.75 Å². The lowest BCUT2D eigenvalue weighted by molar-refractivity contribution is -0.146. The molecule has 0 saturated carbocycles. The zero-order valence-electron chi connectivity index (χ0n) is 14.1. The second-order valence-electron chi connectivity index (χ2n) is 5.67. The Balaban J connectivity index is 1.91. The van der Waals surface area contributed by atoms with Crippen molar-refractivity contribution >= 4 is 23.5 Å². The number of amides is 1. The molecule has 1 N–H and O–H groups in total. The third kappa shape index (κ3) is 6.47. The molecule has 0 spiro atoms. The van der Waals surface area contributed by atoms with Crippen LogP contribution in [0.25, 0.3) is 0 Å². The number of halogens is 1. The lowest BCUT2D eigenvalue weighted by atomic mass is 10.2. The van der Waals surface area contributed by atoms with Crippen molar-refractivity contribution in [1.82, 2.24) is 5.32 Å². The molecule has 0 aliphatic heterocycles. The highest BCUT2D eigenvalue weighted by Crippen LogP contribution is 2.17. The Kier molecular flexibility index (Phi) is 6.83. The number of benzene rings is 2. The molecule has 25 heavy (non-hydrogen) atoms. The monoisotopic (exact) mass is 361 g/mol. The summed E-state index contributed by atoms with van der Waals surface area (Å²) in [5.74, 6) is -0.289. The van der Waals surface area contributed by atoms with Gasteiger partial charge in [-0.2, -0.15) is 0 Å². The van der Waals surface area contributed by atoms with E-state index >= 15 is 0 Å². The SMILES string of the molecule is CC(C)OC(=O)CNC(=O)c1cccc(OCc2cccc(Cl)c2)c1. The molecule has 0 fully saturated rings. The van der Waals surface area contributed by atoms with Gasteiger partial charge in [0.15, 0.2) is 0 Å². The first-order chi connectivity index (χ1) is 11.9. The smallest absolute Gasteiger partial charge is 0.325 e. The van der Waals surface area contributed by atoms with E-state index in [-0.39, 0.29) is 18.6 Å². The molecule has 0 heterocycles. The van der Waals surface area contributed by atoms with Crippen molar-refractivity contribution < 1.29 is 19.1 Å². The molecule has 0 radical (unpaired) electrons. The Labute approximate surface area is 151 Å². The van der Waals surface area contributed by atoms with Crippen LogP contribution in [0.3, 0.4) is 0 Å². The van der Waals surface area contributed by atoms with Gasteiger partial charge in [0.2, 0.25) is 0 Å². The van der Waals surface area contributed by atoms with Crippen LogP contribution in [-0.2, 0) is 16.1 Å². The fourth-order valence-electron chi connectivity index (χ4n) is 2.08. The first-order valence-corrected chi connectivity index (χ1v) is 8.27. The summed E-state index contributed by atoms with van der Waals surface area (Å²) >= 11 is 5.94. The van der Waals surface area contributed by atoms with Gasteiger partial charge in [-0.3, -0.25) is 9.59 Å². The van der Waals surface area contributed by atoms with E-state index in [0.717, 1.165) is 5.56 Å². The molecule has 2 aromatic rings. The van der Waals surface area contributed by atoms with Gasteiger partial charge in [0, 0.05) is 10.6 Å². The van der Waals surface area contributed by atoms with E-state index in [1.807, 2.05) is 18.2 Å². The predicted molar refractivity (Wildman–Crippen MR) is 95.8 cm³/mol. The molecule has 132 valence electrons. The molecular weight excluding hydrogens is 342 g/mol. The van der Waals surface area contributed by atoms with E-state index in [2.05, 4.69) is 5.32 Å². The van der Waals surface area contributed by atoms with Crippen molar-refractivity contribution in [3.05, 3.63) is 64.7 Å². The minimum absolute atomic E-state index is 0.176. The molecule has 0 unspecified atom stereocenters. The molecule has 0 saturated heterocycles. The van der Waals surface area contributed by atoms with Crippen molar-refractivity contribution in [2.24, 2.45) is 0 Å². The van der Waals surface area contributed by atoms with Crippen molar-refractivity contribution in [3.8, 4) is 5.75 Å². The molecule has 0 atom stereocenters. The lowest BCUT2D eigenvalue weighted by Gasteiger charge is -2.10. The molecule has 6 heteroatoms. The van der Waals surface area contributed by atoms with Gasteiger partial charge in [0.25, 0.3) is 5.91 Å². The third-order valence-electron chi connectivity index (χ3n) is 3.15. The summed E-state index contributed by atoms with van der Waals surface area (Å²) in [6.07, 6.45) is -0.215. The summed E-state index contributed by atoms with van der Waals surface area (Å²) in [7, 11) is 0. The standard InChI is InChI=1S/C19H20ClNO4/c1-13(2)25-18(22)11-21-19(23)15-6-4-8-17(10-15)24-12-14-5-3-7-16(20)9-14/h3-10,13H,11-12H2,1-2H3,(H,21,23). The maximum Gasteiger partial charge on any atom is 0.325 e. The number of carbonyl (C=O) groups is 2. The molecule has 2 rings (SSSR count). The average Bonchev–Trinajstić information content (AvgIpc) is 2.57. The van der Waals surface area contributed by atoms with E-state index in [0.29, 0.717) is 22.9 Å². The highest BCUT2D eigenvalue weighted by atomic mass is 35.5. The second kappa shape index (κ2) is 9.08. The van der Waals surface area contributed by atoms with Crippen molar-refractivity contribution in [2.45, 2.75) is 26.6 Å². The van der Waals surface area contributed by atoms with Crippen LogP contribution < -0.4 is 10.1 Å². The van der Waals surface area contributed by atoms with Crippen molar-refractivity contribution in [1.29, 1.82) is 0 Å². The average molecular weight is 362 g/mol. The van der Waals surface area contributed by atoms with Gasteiger partial charge in [-0.05, 0) is 49.7 Å². The highest BCUT2D eigenvalue weighted by Gasteiger charge is 2.11. The van der Waals surface area contributed by atoms with E-state index in [4.69, 9.17) is 21.1 Å². The number of rotatable bonds is 7. The molecule has 2 aromatic carbocycles. The molecular formula is C19H20ClNO4. The number of ether oxygens (including phenoxy) is 2. The number of carbonyl (C=O) groups excluding carboxylic acids is 2. The van der Waals surface area contributed by atoms with Crippen LogP contribution in [0.1, 0.15) is 29.8 Å². The molecule has 0 bridgehead atoms. The molecule has 0 aliphatic rings. The van der Waals surface area contributed by atoms with Gasteiger partial charge >= 0.3 is 5.97 Å². The first-order valence-electron chi connectivity index (χ1n) is 7.89. The fraction of sp³-hybridized carbons (Fsp3) is 0.263. The summed E-state index contributed by atoms with van der Waals surface area (Å²) in [6, 6.07) is 14.1. The zero-order chi connectivity index (χ0) is 18.2. The molecule has 0 aromatic heterocycles. The Hall–Kier alpha value is -2.53. The predicted octanol–water partition coefficient (Wildman–Crippen LogP) is 3.60. The first kappa shape index (κ1) is 18.8. The van der Waals surface area contributed by atoms with Gasteiger partial charge in [-0.15, -0.1) is 0 Å². The highest BCUT2D eigenvalue weighted by molar-refractivity contribution is 6.30. The summed E-state index contributed by atoms with van der Waals surface area (Å²) < 4.78 is 10.7. The number of hydrogen-bond acceptors (Lipinski definition) is 4. The van der Waals surface area contributed by atoms with E-state index < -0.39 is 5.97 Å². The Morgan fingerprint density at radius 3 is 2.60 bits per heavy atom. The third-order valence-corrected chi connectivity index (χ3v) is 3.39. The largest absolute Gasteiger partial charge is 0.489 e. The van der Waals surface area contributed by atoms with E-state index in [1.54, 1.807) is 44.2 Å². The Morgan fingerprint density at radius 2 is 1.88 bits per heavy atom. The molecule has 1 amide bonds. The summed E-state index contributed by atoms with van der Waals surface area (Å²) in [4.78, 5) is 23.6. The van der Waals surface area contributed by atoms with Gasteiger partial charge in [0.05, 0.1) is 6.10 Å². The Morgan fingerprint density at radius 1 is 1.12 bits per heavy atom. The normalized spacial score (nSPS) is 10.4. The number of nitrogens with one attached hydrogen (secondary N) is 1. The zero-order valence-corrected chi connectivity index (χ0v) is 14.9. The maximum absolute atomic E-state index is 12.1. The van der Waals surface area contributed by atoms with Gasteiger partial charge in [0.1, 0.15) is 18.9 Å². The van der Waals surface area contributed by atoms with Gasteiger partial charge in [-0.1, -0.05) is 29.8 Å². The minimum atomic E-state index is -0.475. The Bertz CT molecular complexity index is 746. The van der Waals surface area contributed by atoms with E-state index in [9.17, 15) is 9.59 Å². The summed E-state index contributed by atoms with van der Waals surface area (Å²) in [5.41, 5.74) is 1.33. The van der Waals surface area contributed by atoms with Crippen molar-refractivity contribution in [2.75, 3.05) is 6.54 Å². The van der Waals surface area contributed by atoms with Crippen LogP contribution in [0.4, 0.5) is 0 Å². The van der Waals surface area contributed by atoms with Gasteiger partial charge < -0.3 is 14.8 Å². The lowest BCUT2D eigenvalue weighted by Crippen LogP contribution is -2.31. The summed E-state index contributed by atoms with van der Waals surface area (Å²) in [5, 5.41) is 3.17. The molecule has 5 nitrogen and oxygen atoms in total. The fourth-order valence-corrected chi connectivity index (χ4v) is 2.29. The van der Waals surface area contributed by atoms with E-state index in [1.165, 1.54) is 0 Å². The van der Waals surface area contributed by atoms with Crippen LogP contribution in [0.15, 0.2) is 48.5 Å².